The SMILES string of the molecule is FC(F)(F)C(F)(F)C(F)(F)C(F)(F)C(F)(F)C(F)(F)CC[P+](CCC(F)(F)C(F)(F)C(F)(F)C(F)(F)C(F)(F)C(F)(F)F)(CCC(F)(F)C(F)(F)C(F)(F)C(F)(F)C(F)(F)C(F)(F)F)CCC(F)(F)C(F)(F)C(F)(F)C(F)(F)C(F)(F)C(F)(F)C(F)(F)C(F)(F)F. The maximum absolute atomic E-state index is 15.2. The van der Waals surface area contributed by atoms with Crippen molar-refractivity contribution in [2.45, 2.75) is 181 Å². The monoisotopic (exact) mass is 1520 g/mol. The van der Waals surface area contributed by atoms with Crippen LogP contribution < -0.4 is 0 Å². The van der Waals surface area contributed by atoms with E-state index in [1.54, 1.807) is 0 Å². The van der Waals surface area contributed by atoms with Gasteiger partial charge < -0.3 is 0 Å². The topological polar surface area (TPSA) is 0 Å². The lowest BCUT2D eigenvalue weighted by atomic mass is 9.88. The fourth-order valence-corrected chi connectivity index (χ4v) is 10.8. The lowest BCUT2D eigenvalue weighted by Crippen LogP contribution is -2.74. The van der Waals surface area contributed by atoms with Gasteiger partial charge in [-0.25, -0.2) is 0 Å². The molecule has 0 aliphatic carbocycles. The van der Waals surface area contributed by atoms with E-state index in [0.717, 1.165) is 0 Å². The van der Waals surface area contributed by atoms with Gasteiger partial charge in [0.05, 0.1) is 50.3 Å². The van der Waals surface area contributed by atoms with Crippen molar-refractivity contribution in [3.63, 3.8) is 0 Å². The van der Waals surface area contributed by atoms with E-state index in [4.69, 9.17) is 0 Å². The van der Waals surface area contributed by atoms with Crippen molar-refractivity contribution in [1.82, 2.24) is 0 Å². The highest BCUT2D eigenvalue weighted by Gasteiger charge is 2.97. The molecule has 0 atom stereocenters. The van der Waals surface area contributed by atoms with Crippen LogP contribution in [0.15, 0.2) is 0 Å². The molecule has 0 amide bonds. The molecule has 0 unspecified atom stereocenters. The minimum Gasteiger partial charge on any atom is -0.199 e. The summed E-state index contributed by atoms with van der Waals surface area (Å²) in [5.41, 5.74) is 0. The first-order valence-electron chi connectivity index (χ1n) is 20.8. The highest BCUT2D eigenvalue weighted by Crippen LogP contribution is 2.72. The lowest BCUT2D eigenvalue weighted by Gasteiger charge is -2.43. The Morgan fingerprint density at radius 3 is 0.308 bits per heavy atom. The third kappa shape index (κ3) is 12.5. The third-order valence-corrected chi connectivity index (χ3v) is 17.1. The molecule has 91 heavy (non-hydrogen) atoms. The molecule has 0 rings (SSSR count). The van der Waals surface area contributed by atoms with Crippen molar-refractivity contribution in [2.24, 2.45) is 0 Å². The summed E-state index contributed by atoms with van der Waals surface area (Å²) in [6.07, 6.45) is -72.9. The summed E-state index contributed by atoms with van der Waals surface area (Å²) in [4.78, 5) is 0. The normalized spacial score (nSPS) is 17.1. The van der Waals surface area contributed by atoms with E-state index < -0.39 is 213 Å². The van der Waals surface area contributed by atoms with E-state index in [9.17, 15) is 211 Å². The smallest absolute Gasteiger partial charge is 0.199 e. The lowest BCUT2D eigenvalue weighted by molar-refractivity contribution is -0.461. The van der Waals surface area contributed by atoms with Gasteiger partial charge in [0, 0.05) is 7.26 Å². The van der Waals surface area contributed by atoms with E-state index in [1.807, 2.05) is 0 Å². The van der Waals surface area contributed by atoms with Gasteiger partial charge in [0.2, 0.25) is 0 Å². The number of hydrogen-bond acceptors (Lipinski definition) is 0. The van der Waals surface area contributed by atoms with Gasteiger partial charge >= 0.3 is 155 Å². The highest BCUT2D eigenvalue weighted by atomic mass is 31.2. The molecule has 0 saturated carbocycles. The second-order valence-corrected chi connectivity index (χ2v) is 22.9. The van der Waals surface area contributed by atoms with Crippen LogP contribution >= 0.6 is 7.26 Å². The predicted octanol–water partition coefficient (Wildman–Crippen LogP) is 20.8. The molecule has 57 heteroatoms. The molecule has 0 heterocycles. The van der Waals surface area contributed by atoms with Gasteiger partial charge in [-0.15, -0.1) is 0 Å². The van der Waals surface area contributed by atoms with Crippen molar-refractivity contribution in [1.29, 1.82) is 0 Å². The van der Waals surface area contributed by atoms with Gasteiger partial charge in [-0.05, 0) is 0 Å². The van der Waals surface area contributed by atoms with Gasteiger partial charge in [-0.2, -0.15) is 246 Å². The van der Waals surface area contributed by atoms with Crippen molar-refractivity contribution < 1.29 is 246 Å². The molecule has 0 N–H and O–H groups in total. The quantitative estimate of drug-likeness (QED) is 0.0497. The zero-order valence-electron chi connectivity index (χ0n) is 40.3. The van der Waals surface area contributed by atoms with Crippen LogP contribution in [0.1, 0.15) is 25.7 Å². The van der Waals surface area contributed by atoms with Gasteiger partial charge in [-0.1, -0.05) is 0 Å². The molecule has 0 aromatic carbocycles. The van der Waals surface area contributed by atoms with E-state index in [-0.39, 0.29) is 0 Å². The summed E-state index contributed by atoms with van der Waals surface area (Å²) in [5.74, 6) is -204. The summed E-state index contributed by atoms with van der Waals surface area (Å²) < 4.78 is 778. The summed E-state index contributed by atoms with van der Waals surface area (Å²) in [5, 5.41) is 0. The largest absolute Gasteiger partial charge is 0.460 e. The molecule has 0 aliphatic rings. The number of hydrogen-bond donors (Lipinski definition) is 0. The van der Waals surface area contributed by atoms with Crippen LogP contribution in [0.2, 0.25) is 0 Å². The van der Waals surface area contributed by atoms with Crippen molar-refractivity contribution in [3.05, 3.63) is 0 Å². The van der Waals surface area contributed by atoms with Crippen LogP contribution in [-0.4, -0.2) is 180 Å². The Kier molecular flexibility index (Phi) is 21.9. The van der Waals surface area contributed by atoms with Gasteiger partial charge in [0.1, 0.15) is 0 Å². The number of rotatable bonds is 30. The fraction of sp³-hybridized carbons (Fsp3) is 1.00. The average Bonchev–Trinajstić information content (AvgIpc) is 0.722. The second kappa shape index (κ2) is 22.8. The molecular formula is C34H16F56P+. The van der Waals surface area contributed by atoms with Crippen molar-refractivity contribution in [2.75, 3.05) is 24.6 Å². The molecule has 0 fully saturated rings. The van der Waals surface area contributed by atoms with Crippen LogP contribution in [0.5, 0.6) is 0 Å². The molecule has 0 aliphatic heterocycles. The molecule has 0 bridgehead atoms. The number of alkyl halides is 56. The van der Waals surface area contributed by atoms with Gasteiger partial charge in [-0.3, -0.25) is 0 Å². The third-order valence-electron chi connectivity index (χ3n) is 12.4. The molecule has 0 spiro atoms. The first-order valence-corrected chi connectivity index (χ1v) is 23.3. The van der Waals surface area contributed by atoms with Crippen molar-refractivity contribution >= 4 is 7.26 Å². The molecular weight excluding hydrogens is 1500 g/mol. The molecule has 548 valence electrons. The van der Waals surface area contributed by atoms with Crippen LogP contribution in [0.25, 0.3) is 0 Å². The zero-order valence-corrected chi connectivity index (χ0v) is 41.2. The van der Waals surface area contributed by atoms with Gasteiger partial charge in [0.25, 0.3) is 0 Å². The first kappa shape index (κ1) is 87.5. The van der Waals surface area contributed by atoms with Crippen LogP contribution in [0.3, 0.4) is 0 Å². The van der Waals surface area contributed by atoms with E-state index >= 15 is 35.1 Å². The van der Waals surface area contributed by atoms with Crippen molar-refractivity contribution in [3.8, 4) is 0 Å². The summed E-state index contributed by atoms with van der Waals surface area (Å²) in [6.45, 7) is 0. The Bertz CT molecular complexity index is 2300. The summed E-state index contributed by atoms with van der Waals surface area (Å²) in [6, 6.07) is 0. The van der Waals surface area contributed by atoms with E-state index in [2.05, 4.69) is 0 Å². The van der Waals surface area contributed by atoms with E-state index in [1.165, 1.54) is 0 Å². The van der Waals surface area contributed by atoms with Crippen LogP contribution in [-0.2, 0) is 0 Å². The Balaban J connectivity index is 9.55. The minimum atomic E-state index is -9.96. The molecule has 0 saturated heterocycles. The Morgan fingerprint density at radius 1 is 0.121 bits per heavy atom. The minimum absolute atomic E-state index is 4.56. The average molecular weight is 1520 g/mol. The standard InChI is InChI=1S/C34H16F56P/c35-9(36,13(43,44)17(51,52)21(59,60)22(61,62)26(69,70)30(77,78)34(88,89)90)1-5-91(6-2-10(37,38)14(45,46)18(53,54)23(63,64)27(71,72)31(79,80)81,7-3-11(39,40)15(47,48)19(55,56)24(65,66)28(73,74)32(82,83)84)8-4-12(41,42)16(49,50)20(57,58)25(67,68)29(75,76)33(85,86)87/h1-8H2/q+1. The molecule has 0 aromatic rings. The van der Waals surface area contributed by atoms with Crippen LogP contribution in [0, 0.1) is 0 Å². The fourth-order valence-electron chi connectivity index (χ4n) is 6.41. The Morgan fingerprint density at radius 2 is 0.209 bits per heavy atom. The zero-order chi connectivity index (χ0) is 75.2. The van der Waals surface area contributed by atoms with E-state index in [0.29, 0.717) is 0 Å². The number of halogens is 56. The molecule has 0 radical (unpaired) electrons. The summed E-state index contributed by atoms with van der Waals surface area (Å²) >= 11 is 0. The maximum Gasteiger partial charge on any atom is 0.460 e. The Hall–Kier alpha value is -3.49. The Labute approximate surface area is 459 Å². The van der Waals surface area contributed by atoms with Crippen LogP contribution in [0.4, 0.5) is 246 Å². The maximum atomic E-state index is 15.2. The van der Waals surface area contributed by atoms with Gasteiger partial charge in [0.15, 0.2) is 0 Å². The second-order valence-electron chi connectivity index (χ2n) is 18.4. The predicted molar refractivity (Wildman–Crippen MR) is 178 cm³/mol. The summed E-state index contributed by atoms with van der Waals surface area (Å²) in [7, 11) is -8.27. The highest BCUT2D eigenvalue weighted by molar-refractivity contribution is 7.75. The molecule has 0 nitrogen and oxygen atoms in total. The molecule has 0 aromatic heterocycles. The first-order chi connectivity index (χ1) is 38.3.